The first-order valence-corrected chi connectivity index (χ1v) is 11.2. The third-order valence-corrected chi connectivity index (χ3v) is 7.67. The molecule has 1 saturated heterocycles. The van der Waals surface area contributed by atoms with Gasteiger partial charge >= 0.3 is 6.09 Å². The largest absolute Gasteiger partial charge is 0.444 e. The van der Waals surface area contributed by atoms with Gasteiger partial charge in [0.25, 0.3) is 5.91 Å². The number of cyclic esters (lactones) is 1. The Labute approximate surface area is 164 Å². The lowest BCUT2D eigenvalue weighted by molar-refractivity contribution is -0.132. The Morgan fingerprint density at radius 1 is 1.32 bits per heavy atom. The minimum Gasteiger partial charge on any atom is -0.444 e. The molecular formula is C19H26N2O6S. The van der Waals surface area contributed by atoms with Crippen molar-refractivity contribution < 1.29 is 28.0 Å². The maximum absolute atomic E-state index is 12.3. The van der Waals surface area contributed by atoms with Gasteiger partial charge in [0.15, 0.2) is 14.6 Å². The minimum atomic E-state index is -3.86. The molecule has 28 heavy (non-hydrogen) atoms. The summed E-state index contributed by atoms with van der Waals surface area (Å²) in [5, 5.41) is 8.92. The number of amides is 2. The summed E-state index contributed by atoms with van der Waals surface area (Å²) < 4.78 is 27.6. The summed E-state index contributed by atoms with van der Waals surface area (Å²) in [4.78, 5) is 25.7. The van der Waals surface area contributed by atoms with Crippen molar-refractivity contribution in [2.45, 2.75) is 49.9 Å². The van der Waals surface area contributed by atoms with Crippen LogP contribution >= 0.6 is 0 Å². The number of nitrogens with one attached hydrogen (secondary N) is 1. The molecule has 1 heterocycles. The van der Waals surface area contributed by atoms with Crippen molar-refractivity contribution in [3.8, 4) is 0 Å². The Bertz CT molecular complexity index is 850. The summed E-state index contributed by atoms with van der Waals surface area (Å²) in [6.07, 6.45) is 4.12. The third-order valence-electron chi connectivity index (χ3n) is 5.68. The molecule has 3 rings (SSSR count). The normalized spacial score (nSPS) is 21.9. The predicted molar refractivity (Wildman–Crippen MR) is 103 cm³/mol. The molecule has 1 aliphatic carbocycles. The van der Waals surface area contributed by atoms with Gasteiger partial charge in [-0.15, -0.1) is 0 Å². The summed E-state index contributed by atoms with van der Waals surface area (Å²) in [6.45, 7) is 1.34. The number of hydroxylamine groups is 1. The van der Waals surface area contributed by atoms with Crippen molar-refractivity contribution in [2.24, 2.45) is 5.92 Å². The van der Waals surface area contributed by atoms with Crippen molar-refractivity contribution in [1.29, 1.82) is 0 Å². The monoisotopic (exact) mass is 410 g/mol. The molecule has 1 aliphatic heterocycles. The quantitative estimate of drug-likeness (QED) is 0.501. The number of rotatable bonds is 8. The fourth-order valence-corrected chi connectivity index (χ4v) is 4.29. The molecule has 2 N–H and O–H groups in total. The first-order valence-electron chi connectivity index (χ1n) is 9.35. The first kappa shape index (κ1) is 20.6. The second-order valence-corrected chi connectivity index (χ2v) is 10.4. The Hall–Kier alpha value is -2.13. The van der Waals surface area contributed by atoms with Gasteiger partial charge < -0.3 is 4.74 Å². The number of hydrogen-bond acceptors (Lipinski definition) is 6. The molecule has 2 aliphatic rings. The molecule has 0 radical (unpaired) electrons. The molecule has 2 amide bonds. The average molecular weight is 410 g/mol. The maximum atomic E-state index is 12.3. The molecular weight excluding hydrogens is 384 g/mol. The average Bonchev–Trinajstić information content (AvgIpc) is 3.41. The lowest BCUT2D eigenvalue weighted by atomic mass is 10.0. The lowest BCUT2D eigenvalue weighted by Crippen LogP contribution is -2.51. The molecule has 1 saturated carbocycles. The van der Waals surface area contributed by atoms with Gasteiger partial charge in [-0.1, -0.05) is 25.0 Å². The third kappa shape index (κ3) is 4.30. The van der Waals surface area contributed by atoms with Crippen LogP contribution in [-0.4, -0.2) is 49.3 Å². The topological polar surface area (TPSA) is 113 Å². The Morgan fingerprint density at radius 2 is 1.96 bits per heavy atom. The molecule has 9 heteroatoms. The van der Waals surface area contributed by atoms with Crippen LogP contribution < -0.4 is 10.4 Å². The number of ether oxygens (including phenoxy) is 1. The Balaban J connectivity index is 1.67. The molecule has 1 aromatic carbocycles. The van der Waals surface area contributed by atoms with Crippen molar-refractivity contribution in [3.05, 3.63) is 29.8 Å². The fraction of sp³-hybridized carbons (Fsp3) is 0.579. The summed E-state index contributed by atoms with van der Waals surface area (Å²) in [6, 6.07) is 7.67. The number of sulfone groups is 1. The Kier molecular flexibility index (Phi) is 5.67. The van der Waals surface area contributed by atoms with Gasteiger partial charge in [-0.25, -0.2) is 18.7 Å². The van der Waals surface area contributed by atoms with E-state index in [9.17, 15) is 18.0 Å². The summed E-state index contributed by atoms with van der Waals surface area (Å²) >= 11 is 0. The molecule has 2 atom stereocenters. The van der Waals surface area contributed by atoms with Crippen LogP contribution in [0.5, 0.6) is 0 Å². The van der Waals surface area contributed by atoms with Crippen molar-refractivity contribution >= 4 is 27.5 Å². The van der Waals surface area contributed by atoms with Crippen LogP contribution in [0.4, 0.5) is 10.5 Å². The zero-order valence-electron chi connectivity index (χ0n) is 16.1. The van der Waals surface area contributed by atoms with Crippen LogP contribution in [0.1, 0.15) is 38.2 Å². The summed E-state index contributed by atoms with van der Waals surface area (Å²) in [7, 11) is -3.86. The van der Waals surface area contributed by atoms with Gasteiger partial charge in [-0.05, 0) is 43.4 Å². The van der Waals surface area contributed by atoms with Crippen molar-refractivity contribution in [2.75, 3.05) is 17.7 Å². The van der Waals surface area contributed by atoms with E-state index in [-0.39, 0.29) is 13.0 Å². The minimum absolute atomic E-state index is 0.129. The van der Waals surface area contributed by atoms with Gasteiger partial charge in [0, 0.05) is 18.4 Å². The lowest BCUT2D eigenvalue weighted by Gasteiger charge is -2.26. The smallest absolute Gasteiger partial charge is 0.414 e. The number of hydrogen-bond donors (Lipinski definition) is 2. The van der Waals surface area contributed by atoms with Crippen LogP contribution in [-0.2, 0) is 25.8 Å². The second-order valence-electron chi connectivity index (χ2n) is 7.91. The molecule has 0 unspecified atom stereocenters. The zero-order chi connectivity index (χ0) is 20.5. The number of benzene rings is 1. The first-order chi connectivity index (χ1) is 13.1. The molecule has 8 nitrogen and oxygen atoms in total. The van der Waals surface area contributed by atoms with E-state index in [1.54, 1.807) is 0 Å². The van der Waals surface area contributed by atoms with Gasteiger partial charge in [0.2, 0.25) is 0 Å². The van der Waals surface area contributed by atoms with E-state index in [1.165, 1.54) is 42.1 Å². The van der Waals surface area contributed by atoms with E-state index in [1.807, 2.05) is 24.3 Å². The Morgan fingerprint density at radius 3 is 2.50 bits per heavy atom. The molecule has 0 spiro atoms. The van der Waals surface area contributed by atoms with E-state index < -0.39 is 32.7 Å². The number of carbonyl (C=O) groups is 2. The van der Waals surface area contributed by atoms with Crippen LogP contribution in [0, 0.1) is 5.92 Å². The molecule has 2 fully saturated rings. The van der Waals surface area contributed by atoms with Crippen LogP contribution in [0.15, 0.2) is 24.3 Å². The van der Waals surface area contributed by atoms with E-state index >= 15 is 0 Å². The van der Waals surface area contributed by atoms with E-state index in [2.05, 4.69) is 0 Å². The van der Waals surface area contributed by atoms with Crippen LogP contribution in [0.2, 0.25) is 0 Å². The summed E-state index contributed by atoms with van der Waals surface area (Å²) in [5.41, 5.74) is 3.27. The van der Waals surface area contributed by atoms with Gasteiger partial charge in [-0.2, -0.15) is 0 Å². The molecule has 0 bridgehead atoms. The molecule has 154 valence electrons. The highest BCUT2D eigenvalue weighted by atomic mass is 32.2. The maximum Gasteiger partial charge on any atom is 0.414 e. The van der Waals surface area contributed by atoms with E-state index in [0.717, 1.165) is 18.6 Å². The van der Waals surface area contributed by atoms with Crippen LogP contribution in [0.25, 0.3) is 0 Å². The molecule has 0 aromatic heterocycles. The van der Waals surface area contributed by atoms with Crippen molar-refractivity contribution in [1.82, 2.24) is 5.48 Å². The number of aryl methyl sites for hydroxylation is 1. The van der Waals surface area contributed by atoms with Gasteiger partial charge in [0.1, 0.15) is 6.10 Å². The predicted octanol–water partition coefficient (Wildman–Crippen LogP) is 2.05. The highest BCUT2D eigenvalue weighted by Crippen LogP contribution is 2.34. The number of carbonyl (C=O) groups excluding carboxylic acids is 2. The van der Waals surface area contributed by atoms with E-state index in [4.69, 9.17) is 9.94 Å². The highest BCUT2D eigenvalue weighted by Gasteiger charge is 2.48. The fourth-order valence-electron chi connectivity index (χ4n) is 3.42. The second kappa shape index (κ2) is 7.71. The zero-order valence-corrected chi connectivity index (χ0v) is 16.9. The van der Waals surface area contributed by atoms with Gasteiger partial charge in [0.05, 0.1) is 6.54 Å². The highest BCUT2D eigenvalue weighted by molar-refractivity contribution is 7.92. The summed E-state index contributed by atoms with van der Waals surface area (Å²) in [5.74, 6) is -0.196. The molecule has 1 aromatic rings. The number of nitrogens with zero attached hydrogens (tertiary/aromatic N) is 1. The van der Waals surface area contributed by atoms with Crippen molar-refractivity contribution in [3.63, 3.8) is 0 Å². The standard InChI is InChI=1S/C19H26N2O6S/c1-19(17(22)20-24,28(2,25)26)11-16-12-21(18(23)27-16)15-9-7-14(8-10-15)6-5-13-3-4-13/h7-10,13,16,24H,3-6,11-12H2,1-2H3,(H,20,22)/t16-,19+/m0/s1. The van der Waals surface area contributed by atoms with E-state index in [0.29, 0.717) is 5.69 Å². The van der Waals surface area contributed by atoms with Crippen LogP contribution in [0.3, 0.4) is 0 Å². The SMILES string of the molecule is C[C@@](C[C@H]1CN(c2ccc(CCC3CC3)cc2)C(=O)O1)(C(=O)NO)S(C)(=O)=O. The number of anilines is 1. The van der Waals surface area contributed by atoms with Gasteiger partial charge in [-0.3, -0.25) is 14.9 Å².